The van der Waals surface area contributed by atoms with Crippen molar-refractivity contribution in [2.45, 2.75) is 43.8 Å². The van der Waals surface area contributed by atoms with Crippen molar-refractivity contribution in [3.05, 3.63) is 35.7 Å². The average molecular weight is 404 g/mol. The summed E-state index contributed by atoms with van der Waals surface area (Å²) in [5.41, 5.74) is 6.36. The van der Waals surface area contributed by atoms with Crippen LogP contribution in [0, 0.1) is 6.92 Å². The molecular formula is C19H25N5O3S. The Morgan fingerprint density at radius 2 is 2.18 bits per heavy atom. The number of nitrogens with two attached hydrogens (primary N) is 1. The van der Waals surface area contributed by atoms with Crippen molar-refractivity contribution in [1.29, 1.82) is 0 Å². The number of ether oxygens (including phenoxy) is 1. The lowest BCUT2D eigenvalue weighted by molar-refractivity contribution is -0.119. The molecule has 3 rings (SSSR count). The van der Waals surface area contributed by atoms with Gasteiger partial charge in [-0.3, -0.25) is 9.59 Å². The Morgan fingerprint density at radius 1 is 1.36 bits per heavy atom. The highest BCUT2D eigenvalue weighted by atomic mass is 32.2. The molecule has 0 atom stereocenters. The first kappa shape index (κ1) is 20.2. The predicted octanol–water partition coefficient (Wildman–Crippen LogP) is 1.63. The Morgan fingerprint density at radius 3 is 2.89 bits per heavy atom. The lowest BCUT2D eigenvalue weighted by Gasteiger charge is -2.09. The SMILES string of the molecule is Cc1cccc(OCCNC(=O)CSc2nnc(CCC(N)=O)n2C2CC2)c1. The molecule has 3 N–H and O–H groups in total. The summed E-state index contributed by atoms with van der Waals surface area (Å²) >= 11 is 1.36. The highest BCUT2D eigenvalue weighted by Gasteiger charge is 2.29. The van der Waals surface area contributed by atoms with Crippen molar-refractivity contribution < 1.29 is 14.3 Å². The number of aryl methyl sites for hydroxylation is 2. The van der Waals surface area contributed by atoms with Crippen LogP contribution in [0.1, 0.15) is 36.7 Å². The molecule has 1 aromatic heterocycles. The molecule has 0 aliphatic heterocycles. The fourth-order valence-corrected chi connectivity index (χ4v) is 3.61. The normalized spacial score (nSPS) is 13.3. The number of hydrogen-bond acceptors (Lipinski definition) is 6. The summed E-state index contributed by atoms with van der Waals surface area (Å²) in [6, 6.07) is 8.16. The number of rotatable bonds is 11. The summed E-state index contributed by atoms with van der Waals surface area (Å²) in [5, 5.41) is 11.9. The molecule has 2 aromatic rings. The van der Waals surface area contributed by atoms with Gasteiger partial charge in [-0.1, -0.05) is 23.9 Å². The molecule has 28 heavy (non-hydrogen) atoms. The molecule has 0 unspecified atom stereocenters. The van der Waals surface area contributed by atoms with Gasteiger partial charge >= 0.3 is 0 Å². The molecular weight excluding hydrogens is 378 g/mol. The standard InChI is InChI=1S/C19H25N5O3S/c1-13-3-2-4-15(11-13)27-10-9-21-18(26)12-28-19-23-22-17(8-7-16(20)25)24(19)14-5-6-14/h2-4,11,14H,5-10,12H2,1H3,(H2,20,25)(H,21,26). The van der Waals surface area contributed by atoms with E-state index in [1.54, 1.807) is 0 Å². The van der Waals surface area contributed by atoms with Crippen LogP contribution in [-0.2, 0) is 16.0 Å². The smallest absolute Gasteiger partial charge is 0.230 e. The van der Waals surface area contributed by atoms with Crippen LogP contribution in [0.4, 0.5) is 0 Å². The second-order valence-corrected chi connectivity index (χ2v) is 7.71. The van der Waals surface area contributed by atoms with Crippen molar-refractivity contribution >= 4 is 23.6 Å². The van der Waals surface area contributed by atoms with E-state index in [2.05, 4.69) is 15.5 Å². The maximum absolute atomic E-state index is 12.1. The Balaban J connectivity index is 1.42. The zero-order valence-electron chi connectivity index (χ0n) is 15.9. The Kier molecular flexibility index (Phi) is 6.91. The van der Waals surface area contributed by atoms with Crippen LogP contribution < -0.4 is 15.8 Å². The van der Waals surface area contributed by atoms with Gasteiger partial charge in [0, 0.05) is 18.9 Å². The minimum absolute atomic E-state index is 0.0816. The van der Waals surface area contributed by atoms with Crippen LogP contribution in [0.2, 0.25) is 0 Å². The van der Waals surface area contributed by atoms with Gasteiger partial charge in [-0.05, 0) is 37.5 Å². The molecule has 0 spiro atoms. The van der Waals surface area contributed by atoms with E-state index in [4.69, 9.17) is 10.5 Å². The third kappa shape index (κ3) is 5.98. The summed E-state index contributed by atoms with van der Waals surface area (Å²) in [7, 11) is 0. The molecule has 1 fully saturated rings. The Labute approximate surface area is 168 Å². The number of thioether (sulfide) groups is 1. The lowest BCUT2D eigenvalue weighted by atomic mass is 10.2. The van der Waals surface area contributed by atoms with Crippen molar-refractivity contribution in [3.63, 3.8) is 0 Å². The van der Waals surface area contributed by atoms with Crippen LogP contribution in [0.3, 0.4) is 0 Å². The van der Waals surface area contributed by atoms with Gasteiger partial charge in [0.05, 0.1) is 12.3 Å². The van der Waals surface area contributed by atoms with E-state index in [1.165, 1.54) is 11.8 Å². The Hall–Kier alpha value is -2.55. The lowest BCUT2D eigenvalue weighted by Crippen LogP contribution is -2.29. The summed E-state index contributed by atoms with van der Waals surface area (Å²) in [6.07, 6.45) is 2.86. The van der Waals surface area contributed by atoms with Gasteiger partial charge in [0.1, 0.15) is 18.2 Å². The van der Waals surface area contributed by atoms with Crippen LogP contribution in [0.5, 0.6) is 5.75 Å². The third-order valence-corrected chi connectivity index (χ3v) is 5.20. The monoisotopic (exact) mass is 403 g/mol. The fraction of sp³-hybridized carbons (Fsp3) is 0.474. The number of hydrogen-bond donors (Lipinski definition) is 2. The average Bonchev–Trinajstić information content (AvgIpc) is 3.42. The number of amides is 2. The first-order valence-corrected chi connectivity index (χ1v) is 10.3. The van der Waals surface area contributed by atoms with E-state index in [9.17, 15) is 9.59 Å². The largest absolute Gasteiger partial charge is 0.492 e. The first-order chi connectivity index (χ1) is 13.5. The van der Waals surface area contributed by atoms with E-state index in [0.29, 0.717) is 30.8 Å². The summed E-state index contributed by atoms with van der Waals surface area (Å²) < 4.78 is 7.67. The zero-order chi connectivity index (χ0) is 19.9. The number of carbonyl (C=O) groups is 2. The van der Waals surface area contributed by atoms with Gasteiger partial charge in [0.2, 0.25) is 11.8 Å². The first-order valence-electron chi connectivity index (χ1n) is 9.34. The minimum Gasteiger partial charge on any atom is -0.492 e. The number of primary amides is 1. The van der Waals surface area contributed by atoms with E-state index in [1.807, 2.05) is 35.8 Å². The molecule has 9 heteroatoms. The summed E-state index contributed by atoms with van der Waals surface area (Å²) in [4.78, 5) is 23.1. The number of nitrogens with zero attached hydrogens (tertiary/aromatic N) is 3. The second kappa shape index (κ2) is 9.59. The van der Waals surface area contributed by atoms with Crippen LogP contribution >= 0.6 is 11.8 Å². The summed E-state index contributed by atoms with van der Waals surface area (Å²) in [5.74, 6) is 1.37. The fourth-order valence-electron chi connectivity index (χ4n) is 2.76. The molecule has 150 valence electrons. The number of nitrogens with one attached hydrogen (secondary N) is 1. The van der Waals surface area contributed by atoms with Gasteiger partial charge in [-0.15, -0.1) is 10.2 Å². The number of aromatic nitrogens is 3. The van der Waals surface area contributed by atoms with E-state index < -0.39 is 0 Å². The molecule has 1 aliphatic rings. The van der Waals surface area contributed by atoms with E-state index in [0.717, 1.165) is 30.0 Å². The number of benzene rings is 1. The quantitative estimate of drug-likeness (QED) is 0.436. The Bertz CT molecular complexity index is 835. The number of carbonyl (C=O) groups excluding carboxylic acids is 2. The van der Waals surface area contributed by atoms with Crippen molar-refractivity contribution in [3.8, 4) is 5.75 Å². The molecule has 8 nitrogen and oxygen atoms in total. The molecule has 1 aromatic carbocycles. The van der Waals surface area contributed by atoms with Crippen molar-refractivity contribution in [2.75, 3.05) is 18.9 Å². The van der Waals surface area contributed by atoms with Gasteiger partial charge in [0.15, 0.2) is 5.16 Å². The molecule has 1 heterocycles. The zero-order valence-corrected chi connectivity index (χ0v) is 16.7. The maximum Gasteiger partial charge on any atom is 0.230 e. The van der Waals surface area contributed by atoms with Crippen LogP contribution in [0.15, 0.2) is 29.4 Å². The van der Waals surface area contributed by atoms with Crippen LogP contribution in [0.25, 0.3) is 0 Å². The van der Waals surface area contributed by atoms with Crippen molar-refractivity contribution in [2.24, 2.45) is 5.73 Å². The van der Waals surface area contributed by atoms with Gasteiger partial charge in [0.25, 0.3) is 0 Å². The van der Waals surface area contributed by atoms with Crippen LogP contribution in [-0.4, -0.2) is 45.5 Å². The minimum atomic E-state index is -0.355. The highest BCUT2D eigenvalue weighted by Crippen LogP contribution is 2.38. The topological polar surface area (TPSA) is 112 Å². The predicted molar refractivity (Wildman–Crippen MR) is 106 cm³/mol. The van der Waals surface area contributed by atoms with Gasteiger partial charge in [-0.2, -0.15) is 0 Å². The molecule has 0 bridgehead atoms. The molecule has 0 radical (unpaired) electrons. The van der Waals surface area contributed by atoms with Gasteiger partial charge < -0.3 is 20.4 Å². The summed E-state index contributed by atoms with van der Waals surface area (Å²) in [6.45, 7) is 2.85. The highest BCUT2D eigenvalue weighted by molar-refractivity contribution is 7.99. The third-order valence-electron chi connectivity index (χ3n) is 4.26. The van der Waals surface area contributed by atoms with Crippen molar-refractivity contribution in [1.82, 2.24) is 20.1 Å². The van der Waals surface area contributed by atoms with E-state index >= 15 is 0 Å². The molecule has 2 amide bonds. The van der Waals surface area contributed by atoms with E-state index in [-0.39, 0.29) is 24.0 Å². The molecule has 1 aliphatic carbocycles. The van der Waals surface area contributed by atoms with Gasteiger partial charge in [-0.25, -0.2) is 0 Å². The molecule has 1 saturated carbocycles. The molecule has 0 saturated heterocycles. The maximum atomic E-state index is 12.1. The second-order valence-electron chi connectivity index (χ2n) is 6.77.